The molecule has 1 aromatic carbocycles. The molecule has 0 bridgehead atoms. The monoisotopic (exact) mass is 340 g/mol. The number of amides is 1. The molecule has 0 radical (unpaired) electrons. The van der Waals surface area contributed by atoms with E-state index in [9.17, 15) is 4.79 Å². The van der Waals surface area contributed by atoms with E-state index < -0.39 is 5.41 Å². The molecule has 3 N–H and O–H groups in total. The molecule has 110 valence electrons. The molecular weight excluding hydrogens is 320 g/mol. The maximum absolute atomic E-state index is 12.6. The molecule has 0 aliphatic carbocycles. The van der Waals surface area contributed by atoms with Crippen LogP contribution >= 0.6 is 15.9 Å². The fourth-order valence-corrected chi connectivity index (χ4v) is 2.91. The summed E-state index contributed by atoms with van der Waals surface area (Å²) in [7, 11) is 0. The van der Waals surface area contributed by atoms with Gasteiger partial charge in [-0.1, -0.05) is 28.1 Å². The van der Waals surface area contributed by atoms with Gasteiger partial charge in [0.25, 0.3) is 0 Å². The molecule has 4 nitrogen and oxygen atoms in total. The van der Waals surface area contributed by atoms with Crippen LogP contribution in [-0.4, -0.2) is 25.7 Å². The Morgan fingerprint density at radius 2 is 2.20 bits per heavy atom. The van der Waals surface area contributed by atoms with Crippen molar-refractivity contribution in [2.75, 3.05) is 19.8 Å². The number of hydrogen-bond acceptors (Lipinski definition) is 3. The lowest BCUT2D eigenvalue weighted by Gasteiger charge is -2.35. The van der Waals surface area contributed by atoms with Crippen LogP contribution in [-0.2, 0) is 9.53 Å². The van der Waals surface area contributed by atoms with Crippen LogP contribution in [0.15, 0.2) is 28.7 Å². The Morgan fingerprint density at radius 3 is 2.80 bits per heavy atom. The molecular formula is C15H21BrN2O2. The minimum atomic E-state index is -0.474. The summed E-state index contributed by atoms with van der Waals surface area (Å²) >= 11 is 3.45. The van der Waals surface area contributed by atoms with Crippen LogP contribution in [0.2, 0.25) is 0 Å². The number of nitrogens with one attached hydrogen (secondary N) is 1. The second-order valence-electron chi connectivity index (χ2n) is 5.35. The topological polar surface area (TPSA) is 64.4 Å². The first-order valence-electron chi connectivity index (χ1n) is 6.92. The second kappa shape index (κ2) is 6.70. The summed E-state index contributed by atoms with van der Waals surface area (Å²) in [6, 6.07) is 7.93. The highest BCUT2D eigenvalue weighted by molar-refractivity contribution is 9.10. The normalized spacial score (nSPS) is 19.4. The van der Waals surface area contributed by atoms with Gasteiger partial charge in [0.15, 0.2) is 0 Å². The molecule has 1 amide bonds. The highest BCUT2D eigenvalue weighted by Gasteiger charge is 2.39. The molecule has 2 rings (SSSR count). The van der Waals surface area contributed by atoms with Crippen molar-refractivity contribution in [3.63, 3.8) is 0 Å². The number of halogens is 1. The number of carbonyl (C=O) groups is 1. The highest BCUT2D eigenvalue weighted by atomic mass is 79.9. The van der Waals surface area contributed by atoms with Gasteiger partial charge in [-0.15, -0.1) is 0 Å². The van der Waals surface area contributed by atoms with Crippen molar-refractivity contribution < 1.29 is 9.53 Å². The molecule has 1 aliphatic heterocycles. The first-order valence-corrected chi connectivity index (χ1v) is 7.71. The molecule has 1 saturated heterocycles. The van der Waals surface area contributed by atoms with Crippen LogP contribution in [0.3, 0.4) is 0 Å². The van der Waals surface area contributed by atoms with Gasteiger partial charge in [0.2, 0.25) is 5.91 Å². The Morgan fingerprint density at radius 1 is 1.50 bits per heavy atom. The zero-order valence-electron chi connectivity index (χ0n) is 11.7. The lowest BCUT2D eigenvalue weighted by atomic mass is 9.79. The van der Waals surface area contributed by atoms with E-state index in [1.54, 1.807) is 0 Å². The molecule has 1 aromatic rings. The summed E-state index contributed by atoms with van der Waals surface area (Å²) in [6.45, 7) is 3.57. The molecule has 20 heavy (non-hydrogen) atoms. The van der Waals surface area contributed by atoms with Gasteiger partial charge >= 0.3 is 0 Å². The molecule has 0 saturated carbocycles. The van der Waals surface area contributed by atoms with E-state index >= 15 is 0 Å². The number of nitrogens with two attached hydrogens (primary N) is 1. The molecule has 0 spiro atoms. The minimum Gasteiger partial charge on any atom is -0.381 e. The summed E-state index contributed by atoms with van der Waals surface area (Å²) in [4.78, 5) is 12.6. The zero-order chi connectivity index (χ0) is 14.6. The first-order chi connectivity index (χ1) is 9.57. The van der Waals surface area contributed by atoms with Gasteiger partial charge in [0, 0.05) is 24.2 Å². The number of rotatable bonds is 4. The van der Waals surface area contributed by atoms with Crippen molar-refractivity contribution in [3.8, 4) is 0 Å². The lowest BCUT2D eigenvalue weighted by molar-refractivity contribution is -0.136. The van der Waals surface area contributed by atoms with Crippen LogP contribution in [0.5, 0.6) is 0 Å². The maximum atomic E-state index is 12.6. The van der Waals surface area contributed by atoms with Gasteiger partial charge in [-0.25, -0.2) is 0 Å². The third kappa shape index (κ3) is 3.40. The van der Waals surface area contributed by atoms with E-state index in [0.717, 1.165) is 10.0 Å². The van der Waals surface area contributed by atoms with Crippen LogP contribution in [0.1, 0.15) is 31.4 Å². The van der Waals surface area contributed by atoms with Crippen molar-refractivity contribution in [2.45, 2.75) is 25.8 Å². The van der Waals surface area contributed by atoms with Gasteiger partial charge in [0.1, 0.15) is 0 Å². The SMILES string of the molecule is CC(NC(=O)C1(CN)CCOCC1)c1cccc(Br)c1. The van der Waals surface area contributed by atoms with E-state index in [-0.39, 0.29) is 11.9 Å². The quantitative estimate of drug-likeness (QED) is 0.884. The Bertz CT molecular complexity index is 473. The van der Waals surface area contributed by atoms with E-state index in [1.807, 2.05) is 31.2 Å². The van der Waals surface area contributed by atoms with Crippen molar-refractivity contribution in [1.82, 2.24) is 5.32 Å². The third-order valence-electron chi connectivity index (χ3n) is 4.02. The molecule has 1 aliphatic rings. The van der Waals surface area contributed by atoms with Crippen LogP contribution in [0, 0.1) is 5.41 Å². The van der Waals surface area contributed by atoms with Crippen molar-refractivity contribution >= 4 is 21.8 Å². The number of benzene rings is 1. The summed E-state index contributed by atoms with van der Waals surface area (Å²) in [5.74, 6) is 0.0378. The first kappa shape index (κ1) is 15.5. The fraction of sp³-hybridized carbons (Fsp3) is 0.533. The Balaban J connectivity index is 2.06. The van der Waals surface area contributed by atoms with E-state index in [1.165, 1.54) is 0 Å². The van der Waals surface area contributed by atoms with E-state index in [2.05, 4.69) is 21.2 Å². The van der Waals surface area contributed by atoms with Gasteiger partial charge in [-0.2, -0.15) is 0 Å². The number of carbonyl (C=O) groups excluding carboxylic acids is 1. The van der Waals surface area contributed by atoms with Crippen molar-refractivity contribution in [1.29, 1.82) is 0 Å². The average molecular weight is 341 g/mol. The summed E-state index contributed by atoms with van der Waals surface area (Å²) < 4.78 is 6.35. The number of hydrogen-bond donors (Lipinski definition) is 2. The third-order valence-corrected chi connectivity index (χ3v) is 4.51. The Labute approximate surface area is 128 Å². The molecule has 5 heteroatoms. The van der Waals surface area contributed by atoms with Gasteiger partial charge in [-0.3, -0.25) is 4.79 Å². The molecule has 1 fully saturated rings. The minimum absolute atomic E-state index is 0.0359. The molecule has 1 atom stereocenters. The Kier molecular flexibility index (Phi) is 5.18. The zero-order valence-corrected chi connectivity index (χ0v) is 13.3. The van der Waals surface area contributed by atoms with Crippen LogP contribution in [0.25, 0.3) is 0 Å². The van der Waals surface area contributed by atoms with Gasteiger partial charge in [-0.05, 0) is 37.5 Å². The van der Waals surface area contributed by atoms with Gasteiger partial charge < -0.3 is 15.8 Å². The summed E-state index contributed by atoms with van der Waals surface area (Å²) in [5.41, 5.74) is 6.46. The smallest absolute Gasteiger partial charge is 0.228 e. The largest absolute Gasteiger partial charge is 0.381 e. The molecule has 1 heterocycles. The van der Waals surface area contributed by atoms with Crippen molar-refractivity contribution in [3.05, 3.63) is 34.3 Å². The molecule has 1 unspecified atom stereocenters. The second-order valence-corrected chi connectivity index (χ2v) is 6.26. The van der Waals surface area contributed by atoms with Crippen LogP contribution in [0.4, 0.5) is 0 Å². The maximum Gasteiger partial charge on any atom is 0.228 e. The molecule has 0 aromatic heterocycles. The summed E-state index contributed by atoms with van der Waals surface area (Å²) in [5, 5.41) is 3.09. The van der Waals surface area contributed by atoms with Gasteiger partial charge in [0.05, 0.1) is 11.5 Å². The predicted molar refractivity (Wildman–Crippen MR) is 82.2 cm³/mol. The Hall–Kier alpha value is -0.910. The van der Waals surface area contributed by atoms with Crippen molar-refractivity contribution in [2.24, 2.45) is 11.1 Å². The predicted octanol–water partition coefficient (Wildman–Crippen LogP) is 2.38. The lowest BCUT2D eigenvalue weighted by Crippen LogP contribution is -2.49. The summed E-state index contributed by atoms with van der Waals surface area (Å²) in [6.07, 6.45) is 1.39. The van der Waals surface area contributed by atoms with E-state index in [4.69, 9.17) is 10.5 Å². The highest BCUT2D eigenvalue weighted by Crippen LogP contribution is 2.30. The van der Waals surface area contributed by atoms with Crippen LogP contribution < -0.4 is 11.1 Å². The average Bonchev–Trinajstić information content (AvgIpc) is 2.47. The number of ether oxygens (including phenoxy) is 1. The van der Waals surface area contributed by atoms with E-state index in [0.29, 0.717) is 32.6 Å². The standard InChI is InChI=1S/C15H21BrN2O2/c1-11(12-3-2-4-13(16)9-12)18-14(19)15(10-17)5-7-20-8-6-15/h2-4,9,11H,5-8,10,17H2,1H3,(H,18,19). The fourth-order valence-electron chi connectivity index (χ4n) is 2.50.